The Morgan fingerprint density at radius 2 is 1.16 bits per heavy atom. The van der Waals surface area contributed by atoms with E-state index >= 15 is 0 Å². The highest BCUT2D eigenvalue weighted by Gasteiger charge is 2.50. The van der Waals surface area contributed by atoms with E-state index in [9.17, 15) is 0 Å². The topological polar surface area (TPSA) is 25.1 Å². The smallest absolute Gasteiger partial charge is 0.0923 e. The molecule has 0 N–H and O–H groups in total. The van der Waals surface area contributed by atoms with Gasteiger partial charge in [-0.2, -0.15) is 0 Å². The first-order valence-electron chi connectivity index (χ1n) is 13.0. The van der Waals surface area contributed by atoms with Crippen LogP contribution in [0, 0.1) is 0 Å². The standard InChI is InChI=1S/C30H50O2/c1-23(2)13-9-14-24(3)15-10-16-25(4)17-11-19-28-30(8,32-28)22-12-18-26(5)20-21-27-29(6,7)31-27/h13,15,17-18,27-28H,9-12,14,16,19-22H2,1-8H3/b24-15+,25-17+,26-18+. The molecular formula is C30H50O2. The molecule has 0 saturated carbocycles. The van der Waals surface area contributed by atoms with E-state index in [0.717, 1.165) is 44.9 Å². The number of allylic oxidation sites excluding steroid dienone is 8. The summed E-state index contributed by atoms with van der Waals surface area (Å²) in [6.45, 7) is 17.8. The molecule has 2 rings (SSSR count). The van der Waals surface area contributed by atoms with Gasteiger partial charge in [-0.05, 0) is 120 Å². The lowest BCUT2D eigenvalue weighted by Gasteiger charge is -2.05. The largest absolute Gasteiger partial charge is 0.367 e. The normalized spacial score (nSPS) is 27.4. The molecule has 2 fully saturated rings. The van der Waals surface area contributed by atoms with Crippen molar-refractivity contribution in [3.8, 4) is 0 Å². The Labute approximate surface area is 199 Å². The van der Waals surface area contributed by atoms with E-state index in [0.29, 0.717) is 12.2 Å². The highest BCUT2D eigenvalue weighted by atomic mass is 16.6. The van der Waals surface area contributed by atoms with Crippen LogP contribution in [0.15, 0.2) is 46.6 Å². The number of hydrogen-bond donors (Lipinski definition) is 0. The second-order valence-corrected chi connectivity index (χ2v) is 11.3. The summed E-state index contributed by atoms with van der Waals surface area (Å²) < 4.78 is 11.8. The predicted molar refractivity (Wildman–Crippen MR) is 139 cm³/mol. The molecule has 0 spiro atoms. The Kier molecular flexibility index (Phi) is 10.5. The van der Waals surface area contributed by atoms with Gasteiger partial charge < -0.3 is 9.47 Å². The minimum atomic E-state index is 0.102. The number of epoxide rings is 2. The van der Waals surface area contributed by atoms with Crippen LogP contribution in [0.2, 0.25) is 0 Å². The summed E-state index contributed by atoms with van der Waals surface area (Å²) in [5, 5.41) is 0. The maximum absolute atomic E-state index is 6.08. The lowest BCUT2D eigenvalue weighted by Crippen LogP contribution is -2.09. The Morgan fingerprint density at radius 3 is 1.75 bits per heavy atom. The molecule has 2 heteroatoms. The van der Waals surface area contributed by atoms with Gasteiger partial charge in [0.15, 0.2) is 0 Å². The molecule has 0 bridgehead atoms. The summed E-state index contributed by atoms with van der Waals surface area (Å²) in [7, 11) is 0. The SMILES string of the molecule is CC(C)=CCC/C(C)=C/CC/C(C)=C/CCC1OC1(C)CC/C=C(\C)CCC1OC1(C)C. The van der Waals surface area contributed by atoms with Crippen LogP contribution in [0.5, 0.6) is 0 Å². The molecule has 2 heterocycles. The molecular weight excluding hydrogens is 392 g/mol. The average molecular weight is 443 g/mol. The number of ether oxygens (including phenoxy) is 2. The van der Waals surface area contributed by atoms with Crippen molar-refractivity contribution in [3.63, 3.8) is 0 Å². The fraction of sp³-hybridized carbons (Fsp3) is 0.733. The molecule has 0 aromatic carbocycles. The van der Waals surface area contributed by atoms with Crippen molar-refractivity contribution >= 4 is 0 Å². The summed E-state index contributed by atoms with van der Waals surface area (Å²) >= 11 is 0. The van der Waals surface area contributed by atoms with Crippen molar-refractivity contribution in [2.24, 2.45) is 0 Å². The van der Waals surface area contributed by atoms with Gasteiger partial charge in [0.05, 0.1) is 23.4 Å². The highest BCUT2D eigenvalue weighted by molar-refractivity contribution is 5.08. The molecule has 0 aromatic heterocycles. The van der Waals surface area contributed by atoms with Gasteiger partial charge in [-0.3, -0.25) is 0 Å². The summed E-state index contributed by atoms with van der Waals surface area (Å²) in [5.41, 5.74) is 6.18. The fourth-order valence-corrected chi connectivity index (χ4v) is 4.50. The molecule has 0 amide bonds. The third kappa shape index (κ3) is 10.2. The van der Waals surface area contributed by atoms with Gasteiger partial charge in [0, 0.05) is 0 Å². The molecule has 3 atom stereocenters. The highest BCUT2D eigenvalue weighted by Crippen LogP contribution is 2.43. The fourth-order valence-electron chi connectivity index (χ4n) is 4.50. The van der Waals surface area contributed by atoms with Gasteiger partial charge in [0.2, 0.25) is 0 Å². The van der Waals surface area contributed by atoms with Crippen LogP contribution in [-0.2, 0) is 9.47 Å². The average Bonchev–Trinajstić information content (AvgIpc) is 3.53. The summed E-state index contributed by atoms with van der Waals surface area (Å²) in [6, 6.07) is 0. The summed E-state index contributed by atoms with van der Waals surface area (Å²) in [4.78, 5) is 0. The van der Waals surface area contributed by atoms with E-state index in [4.69, 9.17) is 9.47 Å². The van der Waals surface area contributed by atoms with Gasteiger partial charge in [0.1, 0.15) is 0 Å². The predicted octanol–water partition coefficient (Wildman–Crippen LogP) is 9.03. The first-order valence-corrected chi connectivity index (χ1v) is 13.0. The van der Waals surface area contributed by atoms with Crippen LogP contribution in [-0.4, -0.2) is 23.4 Å². The van der Waals surface area contributed by atoms with Gasteiger partial charge in [-0.1, -0.05) is 46.6 Å². The molecule has 0 aromatic rings. The van der Waals surface area contributed by atoms with E-state index in [1.165, 1.54) is 41.6 Å². The maximum atomic E-state index is 6.08. The minimum Gasteiger partial charge on any atom is -0.367 e. The summed E-state index contributed by atoms with van der Waals surface area (Å²) in [6.07, 6.45) is 22.1. The molecule has 182 valence electrons. The molecule has 2 aliphatic rings. The van der Waals surface area contributed by atoms with Crippen molar-refractivity contribution in [2.75, 3.05) is 0 Å². The Bertz CT molecular complexity index is 717. The lowest BCUT2D eigenvalue weighted by molar-refractivity contribution is 0.295. The molecule has 0 radical (unpaired) electrons. The van der Waals surface area contributed by atoms with Crippen molar-refractivity contribution in [1.82, 2.24) is 0 Å². The van der Waals surface area contributed by atoms with E-state index in [1.54, 1.807) is 0 Å². The quantitative estimate of drug-likeness (QED) is 0.187. The van der Waals surface area contributed by atoms with Crippen molar-refractivity contribution in [3.05, 3.63) is 46.6 Å². The second kappa shape index (κ2) is 12.4. The van der Waals surface area contributed by atoms with Gasteiger partial charge in [-0.25, -0.2) is 0 Å². The number of rotatable bonds is 15. The third-order valence-corrected chi connectivity index (χ3v) is 7.18. The lowest BCUT2D eigenvalue weighted by atomic mass is 9.96. The zero-order valence-corrected chi connectivity index (χ0v) is 22.4. The van der Waals surface area contributed by atoms with Crippen LogP contribution < -0.4 is 0 Å². The maximum Gasteiger partial charge on any atom is 0.0923 e. The summed E-state index contributed by atoms with van der Waals surface area (Å²) in [5.74, 6) is 0. The van der Waals surface area contributed by atoms with Crippen LogP contribution >= 0.6 is 0 Å². The van der Waals surface area contributed by atoms with Crippen LogP contribution in [0.4, 0.5) is 0 Å². The van der Waals surface area contributed by atoms with Gasteiger partial charge in [0.25, 0.3) is 0 Å². The Morgan fingerprint density at radius 1 is 0.625 bits per heavy atom. The Hall–Kier alpha value is -1.12. The van der Waals surface area contributed by atoms with Gasteiger partial charge in [-0.15, -0.1) is 0 Å². The van der Waals surface area contributed by atoms with Crippen molar-refractivity contribution < 1.29 is 9.47 Å². The molecule has 2 aliphatic heterocycles. The number of hydrogen-bond acceptors (Lipinski definition) is 2. The van der Waals surface area contributed by atoms with Crippen LogP contribution in [0.25, 0.3) is 0 Å². The zero-order valence-electron chi connectivity index (χ0n) is 22.4. The molecule has 0 aliphatic carbocycles. The molecule has 3 unspecified atom stereocenters. The molecule has 2 saturated heterocycles. The first-order chi connectivity index (χ1) is 15.0. The van der Waals surface area contributed by atoms with E-state index in [2.05, 4.69) is 79.7 Å². The van der Waals surface area contributed by atoms with E-state index < -0.39 is 0 Å². The monoisotopic (exact) mass is 442 g/mol. The molecule has 32 heavy (non-hydrogen) atoms. The van der Waals surface area contributed by atoms with E-state index in [-0.39, 0.29) is 11.2 Å². The van der Waals surface area contributed by atoms with Crippen LogP contribution in [0.1, 0.15) is 120 Å². The van der Waals surface area contributed by atoms with Crippen molar-refractivity contribution in [1.29, 1.82) is 0 Å². The van der Waals surface area contributed by atoms with E-state index in [1.807, 2.05) is 0 Å². The third-order valence-electron chi connectivity index (χ3n) is 7.18. The first kappa shape index (κ1) is 27.1. The zero-order chi connectivity index (χ0) is 23.8. The van der Waals surface area contributed by atoms with Crippen molar-refractivity contribution in [2.45, 2.75) is 143 Å². The van der Waals surface area contributed by atoms with Crippen LogP contribution in [0.3, 0.4) is 0 Å². The minimum absolute atomic E-state index is 0.102. The van der Waals surface area contributed by atoms with Gasteiger partial charge >= 0.3 is 0 Å². The second-order valence-electron chi connectivity index (χ2n) is 11.3. The molecule has 2 nitrogen and oxygen atoms in total. The Balaban J connectivity index is 1.56.